The van der Waals surface area contributed by atoms with E-state index in [1.165, 1.54) is 28.8 Å². The monoisotopic (exact) mass is 282 g/mol. The molecule has 2 N–H and O–H groups in total. The number of hydrogen-bond acceptors (Lipinski definition) is 6. The number of aliphatic carboxylic acids is 1. The summed E-state index contributed by atoms with van der Waals surface area (Å²) in [4.78, 5) is 27.3. The molecule has 2 aromatic heterocycles. The van der Waals surface area contributed by atoms with Crippen molar-refractivity contribution in [2.75, 3.05) is 0 Å². The zero-order chi connectivity index (χ0) is 14.0. The highest BCUT2D eigenvalue weighted by Crippen LogP contribution is 2.11. The van der Waals surface area contributed by atoms with Crippen LogP contribution in [-0.4, -0.2) is 31.7 Å². The molecule has 8 heteroatoms. The van der Waals surface area contributed by atoms with Crippen LogP contribution in [0.15, 0.2) is 10.9 Å². The number of rotatable bonds is 5. The van der Waals surface area contributed by atoms with E-state index in [-0.39, 0.29) is 12.1 Å². The smallest absolute Gasteiger partial charge is 0.320 e. The molecule has 0 saturated carbocycles. The number of aromatic nitrogens is 3. The average molecular weight is 282 g/mol. The molecule has 0 aliphatic heterocycles. The Morgan fingerprint density at radius 1 is 1.63 bits per heavy atom. The number of fused-ring (bicyclic) bond motifs is 1. The number of nitrogens with one attached hydrogen (secondary N) is 1. The van der Waals surface area contributed by atoms with Crippen LogP contribution in [-0.2, 0) is 17.8 Å². The SMILES string of the molecule is CCc1nn2c(=O)cc(CNC(C)C(=O)O)nc2s1. The van der Waals surface area contributed by atoms with Crippen LogP contribution in [0.4, 0.5) is 0 Å². The second kappa shape index (κ2) is 5.45. The van der Waals surface area contributed by atoms with Crippen LogP contribution in [0.25, 0.3) is 4.96 Å². The Morgan fingerprint density at radius 2 is 2.37 bits per heavy atom. The van der Waals surface area contributed by atoms with E-state index in [0.29, 0.717) is 10.7 Å². The third-order valence-corrected chi connectivity index (χ3v) is 3.65. The minimum atomic E-state index is -0.941. The summed E-state index contributed by atoms with van der Waals surface area (Å²) in [5.74, 6) is -0.941. The third kappa shape index (κ3) is 2.96. The maximum atomic E-state index is 11.8. The lowest BCUT2D eigenvalue weighted by atomic mass is 10.3. The summed E-state index contributed by atoms with van der Waals surface area (Å²) < 4.78 is 1.27. The summed E-state index contributed by atoms with van der Waals surface area (Å²) in [7, 11) is 0. The summed E-state index contributed by atoms with van der Waals surface area (Å²) in [5.41, 5.74) is 0.269. The standard InChI is InChI=1S/C11H14N4O3S/c1-3-8-14-15-9(16)4-7(13-11(15)19-8)5-12-6(2)10(17)18/h4,6,12H,3,5H2,1-2H3,(H,17,18). The van der Waals surface area contributed by atoms with Gasteiger partial charge in [-0.2, -0.15) is 9.61 Å². The van der Waals surface area contributed by atoms with Crippen LogP contribution in [0, 0.1) is 0 Å². The lowest BCUT2D eigenvalue weighted by molar-refractivity contribution is -0.139. The molecule has 19 heavy (non-hydrogen) atoms. The van der Waals surface area contributed by atoms with Gasteiger partial charge in [-0.3, -0.25) is 14.9 Å². The van der Waals surface area contributed by atoms with Gasteiger partial charge in [0.25, 0.3) is 5.56 Å². The maximum absolute atomic E-state index is 11.8. The second-order valence-corrected chi connectivity index (χ2v) is 5.11. The molecule has 0 radical (unpaired) electrons. The zero-order valence-electron chi connectivity index (χ0n) is 10.6. The van der Waals surface area contributed by atoms with E-state index >= 15 is 0 Å². The van der Waals surface area contributed by atoms with Crippen LogP contribution in [0.2, 0.25) is 0 Å². The Balaban J connectivity index is 2.25. The molecule has 0 bridgehead atoms. The maximum Gasteiger partial charge on any atom is 0.320 e. The Morgan fingerprint density at radius 3 is 3.00 bits per heavy atom. The predicted octanol–water partition coefficient (Wildman–Crippen LogP) is 0.276. The zero-order valence-corrected chi connectivity index (χ0v) is 11.4. The largest absolute Gasteiger partial charge is 0.480 e. The lowest BCUT2D eigenvalue weighted by Crippen LogP contribution is -2.33. The van der Waals surface area contributed by atoms with Crippen LogP contribution in [0.3, 0.4) is 0 Å². The van der Waals surface area contributed by atoms with Gasteiger partial charge in [0.05, 0.1) is 5.69 Å². The van der Waals surface area contributed by atoms with Gasteiger partial charge in [-0.05, 0) is 13.3 Å². The average Bonchev–Trinajstić information content (AvgIpc) is 2.79. The van der Waals surface area contributed by atoms with E-state index in [1.54, 1.807) is 0 Å². The van der Waals surface area contributed by atoms with Crippen molar-refractivity contribution < 1.29 is 9.90 Å². The van der Waals surface area contributed by atoms with Gasteiger partial charge in [-0.15, -0.1) is 0 Å². The minimum Gasteiger partial charge on any atom is -0.480 e. The van der Waals surface area contributed by atoms with Crippen molar-refractivity contribution in [3.63, 3.8) is 0 Å². The topological polar surface area (TPSA) is 96.6 Å². The molecule has 0 spiro atoms. The van der Waals surface area contributed by atoms with Crippen molar-refractivity contribution in [2.24, 2.45) is 0 Å². The Hall–Kier alpha value is -1.80. The highest BCUT2D eigenvalue weighted by atomic mass is 32.1. The van der Waals surface area contributed by atoms with Gasteiger partial charge in [0.15, 0.2) is 0 Å². The summed E-state index contributed by atoms with van der Waals surface area (Å²) in [6, 6.07) is 0.682. The molecule has 0 fully saturated rings. The third-order valence-electron chi connectivity index (χ3n) is 2.60. The first-order valence-corrected chi connectivity index (χ1v) is 6.67. The lowest BCUT2D eigenvalue weighted by Gasteiger charge is -2.07. The first kappa shape index (κ1) is 13.6. The van der Waals surface area contributed by atoms with Crippen LogP contribution >= 0.6 is 11.3 Å². The molecular weight excluding hydrogens is 268 g/mol. The van der Waals surface area contributed by atoms with Gasteiger partial charge in [0.2, 0.25) is 4.96 Å². The molecule has 2 heterocycles. The van der Waals surface area contributed by atoms with E-state index in [9.17, 15) is 9.59 Å². The van der Waals surface area contributed by atoms with Gasteiger partial charge in [-0.25, -0.2) is 4.98 Å². The molecule has 0 aromatic carbocycles. The van der Waals surface area contributed by atoms with Crippen molar-refractivity contribution in [3.05, 3.63) is 27.1 Å². The fourth-order valence-electron chi connectivity index (χ4n) is 1.47. The van der Waals surface area contributed by atoms with Gasteiger partial charge < -0.3 is 5.11 Å². The minimum absolute atomic E-state index is 0.235. The molecule has 0 aliphatic rings. The van der Waals surface area contributed by atoms with Gasteiger partial charge in [-0.1, -0.05) is 18.3 Å². The second-order valence-electron chi connectivity index (χ2n) is 4.07. The van der Waals surface area contributed by atoms with Crippen LogP contribution in [0.5, 0.6) is 0 Å². The molecule has 0 saturated heterocycles. The Labute approximate surface area is 112 Å². The fraction of sp³-hybridized carbons (Fsp3) is 0.455. The molecule has 2 rings (SSSR count). The fourth-order valence-corrected chi connectivity index (χ4v) is 2.33. The van der Waals surface area contributed by atoms with E-state index in [2.05, 4.69) is 15.4 Å². The van der Waals surface area contributed by atoms with Crippen molar-refractivity contribution in [1.29, 1.82) is 0 Å². The van der Waals surface area contributed by atoms with E-state index in [1.807, 2.05) is 6.92 Å². The molecule has 102 valence electrons. The van der Waals surface area contributed by atoms with E-state index < -0.39 is 12.0 Å². The van der Waals surface area contributed by atoms with Crippen molar-refractivity contribution in [3.8, 4) is 0 Å². The first-order valence-electron chi connectivity index (χ1n) is 5.86. The summed E-state index contributed by atoms with van der Waals surface area (Å²) in [6.45, 7) is 3.73. The highest BCUT2D eigenvalue weighted by Gasteiger charge is 2.12. The number of aryl methyl sites for hydroxylation is 1. The molecular formula is C11H14N4O3S. The molecule has 0 aliphatic carbocycles. The Bertz CT molecular complexity index is 663. The van der Waals surface area contributed by atoms with Crippen molar-refractivity contribution >= 4 is 22.3 Å². The highest BCUT2D eigenvalue weighted by molar-refractivity contribution is 7.16. The Kier molecular flexibility index (Phi) is 3.91. The van der Waals surface area contributed by atoms with E-state index in [0.717, 1.165) is 11.4 Å². The summed E-state index contributed by atoms with van der Waals surface area (Å²) in [6.07, 6.45) is 0.747. The summed E-state index contributed by atoms with van der Waals surface area (Å²) in [5, 5.41) is 16.5. The summed E-state index contributed by atoms with van der Waals surface area (Å²) >= 11 is 1.36. The number of carbonyl (C=O) groups is 1. The van der Waals surface area contributed by atoms with Crippen LogP contribution in [0.1, 0.15) is 24.5 Å². The molecule has 1 unspecified atom stereocenters. The molecule has 1 atom stereocenters. The quantitative estimate of drug-likeness (QED) is 0.817. The van der Waals surface area contributed by atoms with E-state index in [4.69, 9.17) is 5.11 Å². The first-order chi connectivity index (χ1) is 9.01. The van der Waals surface area contributed by atoms with Crippen molar-refractivity contribution in [1.82, 2.24) is 19.9 Å². The molecule has 2 aromatic rings. The molecule has 7 nitrogen and oxygen atoms in total. The normalized spacial score (nSPS) is 12.7. The van der Waals surface area contributed by atoms with Crippen molar-refractivity contribution in [2.45, 2.75) is 32.9 Å². The number of carboxylic acid groups (broad SMARTS) is 1. The number of hydrogen-bond donors (Lipinski definition) is 2. The van der Waals surface area contributed by atoms with Gasteiger partial charge in [0.1, 0.15) is 11.0 Å². The van der Waals surface area contributed by atoms with Gasteiger partial charge in [0, 0.05) is 12.6 Å². The molecule has 0 amide bonds. The number of carboxylic acids is 1. The predicted molar refractivity (Wildman–Crippen MR) is 70.4 cm³/mol. The van der Waals surface area contributed by atoms with Crippen LogP contribution < -0.4 is 10.9 Å². The van der Waals surface area contributed by atoms with Gasteiger partial charge >= 0.3 is 5.97 Å². The number of nitrogens with zero attached hydrogens (tertiary/aromatic N) is 3.